The van der Waals surface area contributed by atoms with E-state index in [0.717, 1.165) is 4.57 Å². The van der Waals surface area contributed by atoms with E-state index in [-0.39, 0.29) is 5.69 Å². The maximum absolute atomic E-state index is 12.3. The summed E-state index contributed by atoms with van der Waals surface area (Å²) in [6, 6.07) is 6.93. The highest BCUT2D eigenvalue weighted by Crippen LogP contribution is 2.31. The van der Waals surface area contributed by atoms with Crippen LogP contribution in [-0.4, -0.2) is 27.3 Å². The molecule has 0 saturated heterocycles. The minimum absolute atomic E-state index is 0.138. The molecule has 0 amide bonds. The van der Waals surface area contributed by atoms with Crippen LogP contribution in [0.2, 0.25) is 0 Å². The fraction of sp³-hybridized carbons (Fsp3) is 0.286. The van der Waals surface area contributed by atoms with Gasteiger partial charge in [-0.15, -0.1) is 0 Å². The molecule has 0 unspecified atom stereocenters. The van der Waals surface area contributed by atoms with Crippen molar-refractivity contribution >= 4 is 38.9 Å². The summed E-state index contributed by atoms with van der Waals surface area (Å²) >= 11 is 3.24. The Morgan fingerprint density at radius 3 is 2.40 bits per heavy atom. The zero-order chi connectivity index (χ0) is 15.1. The number of aromatic nitrogens is 1. The third-order valence-electron chi connectivity index (χ3n) is 2.59. The van der Waals surface area contributed by atoms with Gasteiger partial charge in [-0.3, -0.25) is 0 Å². The molecule has 0 aliphatic rings. The first-order valence-electron chi connectivity index (χ1n) is 5.98. The first kappa shape index (κ1) is 14.6. The van der Waals surface area contributed by atoms with Gasteiger partial charge in [0.15, 0.2) is 5.69 Å². The number of aromatic carboxylic acids is 1. The molecule has 0 spiro atoms. The third kappa shape index (κ3) is 2.56. The number of ether oxygens (including phenoxy) is 1. The predicted molar refractivity (Wildman–Crippen MR) is 78.2 cm³/mol. The summed E-state index contributed by atoms with van der Waals surface area (Å²) in [6.07, 6.45) is -0.711. The Balaban J connectivity index is 2.70. The van der Waals surface area contributed by atoms with Crippen molar-refractivity contribution < 1.29 is 19.4 Å². The Labute approximate surface area is 124 Å². The van der Waals surface area contributed by atoms with Crippen LogP contribution in [-0.2, 0) is 4.74 Å². The highest BCUT2D eigenvalue weighted by molar-refractivity contribution is 9.10. The van der Waals surface area contributed by atoms with E-state index >= 15 is 0 Å². The summed E-state index contributed by atoms with van der Waals surface area (Å²) in [5.74, 6) is -1.20. The Morgan fingerprint density at radius 1 is 1.25 bits per heavy atom. The Bertz CT molecular complexity index is 697. The first-order chi connectivity index (χ1) is 9.22. The summed E-state index contributed by atoms with van der Waals surface area (Å²) in [6.45, 7) is 5.18. The number of rotatable bonds is 1. The largest absolute Gasteiger partial charge is 0.477 e. The zero-order valence-corrected chi connectivity index (χ0v) is 12.9. The Morgan fingerprint density at radius 2 is 1.85 bits per heavy atom. The smallest absolute Gasteiger partial charge is 0.419 e. The van der Waals surface area contributed by atoms with Crippen LogP contribution >= 0.6 is 15.9 Å². The number of carboxylic acids is 1. The van der Waals surface area contributed by atoms with Crippen molar-refractivity contribution in [2.45, 2.75) is 26.4 Å². The number of benzene rings is 1. The fourth-order valence-corrected chi connectivity index (χ4v) is 2.57. The van der Waals surface area contributed by atoms with Crippen molar-refractivity contribution in [1.82, 2.24) is 4.57 Å². The minimum atomic E-state index is -1.20. The average molecular weight is 340 g/mol. The van der Waals surface area contributed by atoms with Crippen molar-refractivity contribution in [3.8, 4) is 0 Å². The highest BCUT2D eigenvalue weighted by Gasteiger charge is 2.27. The van der Waals surface area contributed by atoms with E-state index in [2.05, 4.69) is 15.9 Å². The van der Waals surface area contributed by atoms with Crippen molar-refractivity contribution in [2.75, 3.05) is 0 Å². The Hall–Kier alpha value is -1.82. The number of halogens is 1. The molecule has 0 aliphatic heterocycles. The number of carboxylic acid groups (broad SMARTS) is 1. The van der Waals surface area contributed by atoms with Crippen molar-refractivity contribution in [1.29, 1.82) is 0 Å². The van der Waals surface area contributed by atoms with E-state index in [0.29, 0.717) is 15.4 Å². The highest BCUT2D eigenvalue weighted by atomic mass is 79.9. The van der Waals surface area contributed by atoms with Crippen LogP contribution in [0.25, 0.3) is 10.9 Å². The van der Waals surface area contributed by atoms with Gasteiger partial charge in [-0.05, 0) is 42.8 Å². The molecule has 0 fully saturated rings. The van der Waals surface area contributed by atoms with E-state index in [1.807, 2.05) is 0 Å². The maximum atomic E-state index is 12.3. The van der Waals surface area contributed by atoms with Gasteiger partial charge < -0.3 is 9.84 Å². The van der Waals surface area contributed by atoms with Crippen molar-refractivity contribution in [3.63, 3.8) is 0 Å². The van der Waals surface area contributed by atoms with Gasteiger partial charge in [-0.25, -0.2) is 14.2 Å². The van der Waals surface area contributed by atoms with E-state index in [1.54, 1.807) is 45.0 Å². The van der Waals surface area contributed by atoms with Crippen LogP contribution in [0.15, 0.2) is 28.7 Å². The molecule has 2 rings (SSSR count). The normalized spacial score (nSPS) is 11.6. The van der Waals surface area contributed by atoms with E-state index in [1.165, 1.54) is 0 Å². The molecule has 0 aliphatic carbocycles. The molecule has 0 saturated carbocycles. The van der Waals surface area contributed by atoms with Gasteiger partial charge in [-0.2, -0.15) is 0 Å². The summed E-state index contributed by atoms with van der Waals surface area (Å²) in [5, 5.41) is 9.98. The monoisotopic (exact) mass is 339 g/mol. The van der Waals surface area contributed by atoms with Gasteiger partial charge in [0.05, 0.1) is 9.99 Å². The topological polar surface area (TPSA) is 68.5 Å². The number of para-hydroxylation sites is 1. The molecule has 0 radical (unpaired) electrons. The molecular formula is C14H14BrNO4. The molecule has 1 aromatic carbocycles. The molecule has 5 nitrogen and oxygen atoms in total. The molecule has 0 atom stereocenters. The average Bonchev–Trinajstić information content (AvgIpc) is 2.61. The number of carbonyl (C=O) groups is 2. The fourth-order valence-electron chi connectivity index (χ4n) is 1.89. The van der Waals surface area contributed by atoms with Gasteiger partial charge in [-0.1, -0.05) is 18.2 Å². The van der Waals surface area contributed by atoms with Crippen LogP contribution < -0.4 is 0 Å². The molecule has 106 valence electrons. The van der Waals surface area contributed by atoms with Crippen LogP contribution in [0.1, 0.15) is 31.3 Å². The standard InChI is InChI=1S/C14H14BrNO4/c1-14(2,3)20-13(19)16-9-7-5-4-6-8(9)10(15)11(16)12(17)18/h4-7H,1-3H3,(H,17,18). The number of hydrogen-bond acceptors (Lipinski definition) is 3. The van der Waals surface area contributed by atoms with Gasteiger partial charge in [0.1, 0.15) is 5.60 Å². The molecule has 1 aromatic heterocycles. The van der Waals surface area contributed by atoms with Crippen LogP contribution in [0.5, 0.6) is 0 Å². The number of nitrogens with zero attached hydrogens (tertiary/aromatic N) is 1. The first-order valence-corrected chi connectivity index (χ1v) is 6.77. The molecule has 6 heteroatoms. The van der Waals surface area contributed by atoms with E-state index in [4.69, 9.17) is 4.74 Å². The zero-order valence-electron chi connectivity index (χ0n) is 11.3. The van der Waals surface area contributed by atoms with Crippen molar-refractivity contribution in [3.05, 3.63) is 34.4 Å². The summed E-state index contributed by atoms with van der Waals surface area (Å²) < 4.78 is 6.72. The second-order valence-electron chi connectivity index (χ2n) is 5.30. The predicted octanol–water partition coefficient (Wildman–Crippen LogP) is 3.89. The molecule has 1 heterocycles. The van der Waals surface area contributed by atoms with Gasteiger partial charge >= 0.3 is 12.1 Å². The van der Waals surface area contributed by atoms with Crippen molar-refractivity contribution in [2.24, 2.45) is 0 Å². The SMILES string of the molecule is CC(C)(C)OC(=O)n1c(C(=O)O)c(Br)c2ccccc21. The maximum Gasteiger partial charge on any atom is 0.419 e. The third-order valence-corrected chi connectivity index (χ3v) is 3.39. The van der Waals surface area contributed by atoms with Crippen LogP contribution in [0.4, 0.5) is 4.79 Å². The van der Waals surface area contributed by atoms with Gasteiger partial charge in [0, 0.05) is 5.39 Å². The molecule has 0 bridgehead atoms. The molecule has 1 N–H and O–H groups in total. The minimum Gasteiger partial charge on any atom is -0.477 e. The Kier molecular flexibility index (Phi) is 3.60. The number of fused-ring (bicyclic) bond motifs is 1. The second kappa shape index (κ2) is 4.94. The summed E-state index contributed by atoms with van der Waals surface area (Å²) in [4.78, 5) is 23.7. The lowest BCUT2D eigenvalue weighted by molar-refractivity contribution is 0.0512. The lowest BCUT2D eigenvalue weighted by atomic mass is 10.2. The number of hydrogen-bond donors (Lipinski definition) is 1. The summed E-state index contributed by atoms with van der Waals surface area (Å²) in [7, 11) is 0. The van der Waals surface area contributed by atoms with E-state index < -0.39 is 17.7 Å². The second-order valence-corrected chi connectivity index (χ2v) is 6.09. The lowest BCUT2D eigenvalue weighted by Crippen LogP contribution is -2.28. The molecular weight excluding hydrogens is 326 g/mol. The van der Waals surface area contributed by atoms with Gasteiger partial charge in [0.25, 0.3) is 0 Å². The molecule has 2 aromatic rings. The molecule has 20 heavy (non-hydrogen) atoms. The van der Waals surface area contributed by atoms with Gasteiger partial charge in [0.2, 0.25) is 0 Å². The number of carbonyl (C=O) groups excluding carboxylic acids is 1. The quantitative estimate of drug-likeness (QED) is 0.855. The summed E-state index contributed by atoms with van der Waals surface area (Å²) in [5.41, 5.74) is -0.350. The van der Waals surface area contributed by atoms with Crippen LogP contribution in [0.3, 0.4) is 0 Å². The van der Waals surface area contributed by atoms with E-state index in [9.17, 15) is 14.7 Å². The van der Waals surface area contributed by atoms with Crippen LogP contribution in [0, 0.1) is 0 Å². The lowest BCUT2D eigenvalue weighted by Gasteiger charge is -2.20.